The molecule has 1 saturated heterocycles. The van der Waals surface area contributed by atoms with Crippen molar-refractivity contribution in [1.29, 1.82) is 0 Å². The van der Waals surface area contributed by atoms with Gasteiger partial charge in [0.2, 0.25) is 0 Å². The van der Waals surface area contributed by atoms with Gasteiger partial charge in [-0.1, -0.05) is 93.7 Å². The van der Waals surface area contributed by atoms with E-state index in [0.717, 1.165) is 0 Å². The fraction of sp³-hybridized carbons (Fsp3) is 0.200. The van der Waals surface area contributed by atoms with Crippen molar-refractivity contribution in [1.82, 2.24) is 0 Å². The van der Waals surface area contributed by atoms with Crippen LogP contribution in [0, 0.1) is 0 Å². The summed E-state index contributed by atoms with van der Waals surface area (Å²) in [5, 5.41) is 7.83. The van der Waals surface area contributed by atoms with Crippen LogP contribution in [-0.2, 0) is 0 Å². The molecule has 0 spiro atoms. The van der Waals surface area contributed by atoms with Crippen LogP contribution >= 0.6 is 0 Å². The van der Waals surface area contributed by atoms with Crippen molar-refractivity contribution in [3.8, 4) is 0 Å². The first kappa shape index (κ1) is 15.1. The summed E-state index contributed by atoms with van der Waals surface area (Å²) < 4.78 is 0. The summed E-state index contributed by atoms with van der Waals surface area (Å²) in [6.07, 6.45) is 34.5. The minimum atomic E-state index is -0.651. The summed E-state index contributed by atoms with van der Waals surface area (Å²) in [7, 11) is -2.60. The maximum absolute atomic E-state index is 2.55. The average molecular weight is 377 g/mol. The highest BCUT2D eigenvalue weighted by Gasteiger charge is 2.58. The van der Waals surface area contributed by atoms with Crippen molar-refractivity contribution in [3.63, 3.8) is 0 Å². The summed E-state index contributed by atoms with van der Waals surface area (Å²) in [6, 6.07) is 0. The summed E-state index contributed by atoms with van der Waals surface area (Å²) in [6.45, 7) is 0. The van der Waals surface area contributed by atoms with E-state index >= 15 is 0 Å². The number of rotatable bonds is 4. The third-order valence-corrected chi connectivity index (χ3v) is 80.1. The van der Waals surface area contributed by atoms with Crippen molar-refractivity contribution in [2.75, 3.05) is 0 Å². The summed E-state index contributed by atoms with van der Waals surface area (Å²) >= 11 is 0. The Morgan fingerprint density at radius 2 is 0.667 bits per heavy atom. The van der Waals surface area contributed by atoms with E-state index in [-0.39, 0.29) is 0 Å². The smallest absolute Gasteiger partial charge is 0.0531 e. The maximum atomic E-state index is 2.55. The molecule has 0 aromatic rings. The lowest BCUT2D eigenvalue weighted by atomic mass is 10.5. The Kier molecular flexibility index (Phi) is 3.93. The Bertz CT molecular complexity index is 659. The number of allylic oxidation sites excluding steroid dienone is 16. The molecule has 0 bridgehead atoms. The minimum absolute atomic E-state index is 0.651. The standard InChI is InChI=1S/C20H24Si4/c1-2-10-17(9-1)21-22(18-11-3-4-12-18)24(20-15-7-8-16-20)23(21)19-13-5-6-14-19/h1-9,11,13,15,21-24H,10,12,14,16H2. The Balaban J connectivity index is 1.54. The van der Waals surface area contributed by atoms with Crippen LogP contribution in [0.3, 0.4) is 0 Å². The molecule has 0 aromatic carbocycles. The van der Waals surface area contributed by atoms with Crippen LogP contribution in [0.4, 0.5) is 0 Å². The SMILES string of the molecule is C1=CCC([SiH]2[SiH](C3=CC=CC3)[SiH](C3=CC=CC3)[SiH]2C2=CC=CC2)=C1. The lowest BCUT2D eigenvalue weighted by Crippen LogP contribution is -2.80. The van der Waals surface area contributed by atoms with Crippen LogP contribution in [0.25, 0.3) is 0 Å². The van der Waals surface area contributed by atoms with Gasteiger partial charge in [0.05, 0.1) is 31.3 Å². The van der Waals surface area contributed by atoms with Crippen LogP contribution in [-0.4, -0.2) is 31.3 Å². The largest absolute Gasteiger partial charge is 0.0859 e. The van der Waals surface area contributed by atoms with Gasteiger partial charge in [-0.25, -0.2) is 0 Å². The first-order chi connectivity index (χ1) is 11.9. The van der Waals surface area contributed by atoms with Crippen molar-refractivity contribution < 1.29 is 0 Å². The monoisotopic (exact) mass is 376 g/mol. The lowest BCUT2D eigenvalue weighted by Gasteiger charge is -2.52. The molecule has 0 radical (unpaired) electrons. The summed E-state index contributed by atoms with van der Waals surface area (Å²) in [5.41, 5.74) is 0. The summed E-state index contributed by atoms with van der Waals surface area (Å²) in [4.78, 5) is 0. The van der Waals surface area contributed by atoms with Gasteiger partial charge in [-0.2, -0.15) is 0 Å². The van der Waals surface area contributed by atoms with Gasteiger partial charge in [-0.05, 0) is 25.7 Å². The third-order valence-electron chi connectivity index (χ3n) is 6.46. The number of hydrogen-bond acceptors (Lipinski definition) is 0. The minimum Gasteiger partial charge on any atom is -0.0859 e. The third kappa shape index (κ3) is 2.36. The first-order valence-electron chi connectivity index (χ1n) is 9.36. The molecule has 0 nitrogen and oxygen atoms in total. The molecule has 0 N–H and O–H groups in total. The molecule has 5 rings (SSSR count). The molecular formula is C20H24Si4. The second-order valence-corrected chi connectivity index (χ2v) is 41.2. The molecule has 1 heterocycles. The zero-order valence-corrected chi connectivity index (χ0v) is 18.7. The molecule has 4 aliphatic carbocycles. The second-order valence-electron chi connectivity index (χ2n) is 7.60. The fourth-order valence-electron chi connectivity index (χ4n) is 5.44. The normalized spacial score (nSPS) is 36.0. The van der Waals surface area contributed by atoms with Crippen LogP contribution in [0.2, 0.25) is 0 Å². The van der Waals surface area contributed by atoms with E-state index in [9.17, 15) is 0 Å². The second kappa shape index (κ2) is 6.26. The highest BCUT2D eigenvalue weighted by atomic mass is 30.1. The topological polar surface area (TPSA) is 0 Å². The molecule has 1 aliphatic heterocycles. The van der Waals surface area contributed by atoms with Crippen molar-refractivity contribution >= 4 is 31.3 Å². The van der Waals surface area contributed by atoms with Gasteiger partial charge in [0.15, 0.2) is 0 Å². The molecule has 24 heavy (non-hydrogen) atoms. The van der Waals surface area contributed by atoms with Crippen LogP contribution in [0.15, 0.2) is 93.7 Å². The molecule has 0 atom stereocenters. The zero-order valence-electron chi connectivity index (χ0n) is 14.1. The quantitative estimate of drug-likeness (QED) is 0.662. The van der Waals surface area contributed by atoms with Gasteiger partial charge in [-0.15, -0.1) is 0 Å². The van der Waals surface area contributed by atoms with E-state index in [1.165, 1.54) is 25.7 Å². The van der Waals surface area contributed by atoms with E-state index in [1.807, 2.05) is 20.8 Å². The van der Waals surface area contributed by atoms with E-state index in [0.29, 0.717) is 0 Å². The molecule has 0 unspecified atom stereocenters. The maximum Gasteiger partial charge on any atom is 0.0531 e. The van der Waals surface area contributed by atoms with Gasteiger partial charge in [-0.3, -0.25) is 0 Å². The molecule has 5 aliphatic rings. The van der Waals surface area contributed by atoms with Gasteiger partial charge in [0.1, 0.15) is 0 Å². The van der Waals surface area contributed by atoms with Gasteiger partial charge in [0, 0.05) is 0 Å². The first-order valence-corrected chi connectivity index (χ1v) is 22.3. The van der Waals surface area contributed by atoms with Gasteiger partial charge in [0.25, 0.3) is 0 Å². The van der Waals surface area contributed by atoms with Gasteiger partial charge >= 0.3 is 0 Å². The Labute approximate surface area is 150 Å². The van der Waals surface area contributed by atoms with E-state index in [4.69, 9.17) is 0 Å². The molecule has 120 valence electrons. The summed E-state index contributed by atoms with van der Waals surface area (Å²) in [5.74, 6) is 0. The molecule has 0 amide bonds. The molecule has 0 saturated carbocycles. The van der Waals surface area contributed by atoms with Crippen molar-refractivity contribution in [3.05, 3.63) is 93.7 Å². The fourth-order valence-corrected chi connectivity index (χ4v) is 96.3. The average Bonchev–Trinajstić information content (AvgIpc) is 3.37. The van der Waals surface area contributed by atoms with Gasteiger partial charge < -0.3 is 0 Å². The molecule has 1 fully saturated rings. The Morgan fingerprint density at radius 3 is 0.833 bits per heavy atom. The zero-order chi connectivity index (χ0) is 15.9. The van der Waals surface area contributed by atoms with Crippen molar-refractivity contribution in [2.45, 2.75) is 25.7 Å². The highest BCUT2D eigenvalue weighted by Crippen LogP contribution is 2.41. The number of hydrogen-bond donors (Lipinski definition) is 0. The molecule has 0 aromatic heterocycles. The molecular weight excluding hydrogens is 353 g/mol. The lowest BCUT2D eigenvalue weighted by molar-refractivity contribution is 1.36. The highest BCUT2D eigenvalue weighted by molar-refractivity contribution is 8.00. The molecule has 4 heteroatoms. The Hall–Kier alpha value is -1.21. The van der Waals surface area contributed by atoms with E-state index < -0.39 is 31.3 Å². The van der Waals surface area contributed by atoms with Crippen LogP contribution in [0.1, 0.15) is 25.7 Å². The predicted octanol–water partition coefficient (Wildman–Crippen LogP) is 2.92. The Morgan fingerprint density at radius 1 is 0.417 bits per heavy atom. The van der Waals surface area contributed by atoms with E-state index in [1.54, 1.807) is 0 Å². The van der Waals surface area contributed by atoms with Crippen LogP contribution < -0.4 is 0 Å². The van der Waals surface area contributed by atoms with Crippen LogP contribution in [0.5, 0.6) is 0 Å². The van der Waals surface area contributed by atoms with Crippen molar-refractivity contribution in [2.24, 2.45) is 0 Å². The van der Waals surface area contributed by atoms with E-state index in [2.05, 4.69) is 72.9 Å². The predicted molar refractivity (Wildman–Crippen MR) is 116 cm³/mol.